The SMILES string of the molecule is CCCN(CCC)C(OC)C(F)(F)F. The third-order valence-corrected chi connectivity index (χ3v) is 1.86. The fourth-order valence-electron chi connectivity index (χ4n) is 1.41. The molecule has 2 nitrogen and oxygen atoms in total. The zero-order valence-corrected chi connectivity index (χ0v) is 8.90. The molecular formula is C9H18F3NO. The zero-order valence-electron chi connectivity index (χ0n) is 8.90. The fourth-order valence-corrected chi connectivity index (χ4v) is 1.41. The number of hydrogen-bond acceptors (Lipinski definition) is 2. The van der Waals surface area contributed by atoms with E-state index in [1.807, 2.05) is 13.8 Å². The van der Waals surface area contributed by atoms with E-state index in [-0.39, 0.29) is 0 Å². The summed E-state index contributed by atoms with van der Waals surface area (Å²) in [4.78, 5) is 1.32. The molecule has 0 saturated heterocycles. The van der Waals surface area contributed by atoms with Gasteiger partial charge in [-0.15, -0.1) is 0 Å². The van der Waals surface area contributed by atoms with Crippen LogP contribution in [0, 0.1) is 0 Å². The summed E-state index contributed by atoms with van der Waals surface area (Å²) in [5, 5.41) is 0. The molecule has 0 radical (unpaired) electrons. The third-order valence-electron chi connectivity index (χ3n) is 1.86. The molecule has 0 aliphatic heterocycles. The van der Waals surface area contributed by atoms with Gasteiger partial charge in [-0.05, 0) is 12.8 Å². The van der Waals surface area contributed by atoms with Crippen LogP contribution in [-0.2, 0) is 4.74 Å². The molecule has 0 aromatic carbocycles. The topological polar surface area (TPSA) is 12.5 Å². The van der Waals surface area contributed by atoms with Crippen LogP contribution in [0.3, 0.4) is 0 Å². The average molecular weight is 213 g/mol. The molecule has 0 N–H and O–H groups in total. The highest BCUT2D eigenvalue weighted by atomic mass is 19.4. The molecule has 0 rings (SSSR count). The molecule has 1 atom stereocenters. The van der Waals surface area contributed by atoms with Crippen molar-refractivity contribution < 1.29 is 17.9 Å². The summed E-state index contributed by atoms with van der Waals surface area (Å²) in [6.07, 6.45) is -4.69. The van der Waals surface area contributed by atoms with E-state index < -0.39 is 12.4 Å². The predicted molar refractivity (Wildman–Crippen MR) is 49.0 cm³/mol. The van der Waals surface area contributed by atoms with Crippen LogP contribution in [0.25, 0.3) is 0 Å². The second kappa shape index (κ2) is 6.24. The number of hydrogen-bond donors (Lipinski definition) is 0. The summed E-state index contributed by atoms with van der Waals surface area (Å²) in [5.74, 6) is 0. The molecule has 1 unspecified atom stereocenters. The van der Waals surface area contributed by atoms with Gasteiger partial charge in [-0.3, -0.25) is 4.90 Å². The van der Waals surface area contributed by atoms with Gasteiger partial charge in [-0.2, -0.15) is 13.2 Å². The Hall–Kier alpha value is -0.290. The maximum atomic E-state index is 12.5. The highest BCUT2D eigenvalue weighted by Gasteiger charge is 2.43. The monoisotopic (exact) mass is 213 g/mol. The number of methoxy groups -OCH3 is 1. The minimum atomic E-state index is -4.31. The Bertz CT molecular complexity index is 143. The number of ether oxygens (including phenoxy) is 1. The van der Waals surface area contributed by atoms with Crippen LogP contribution in [0.5, 0.6) is 0 Å². The predicted octanol–water partition coefficient (Wildman–Crippen LogP) is 2.64. The van der Waals surface area contributed by atoms with E-state index >= 15 is 0 Å². The van der Waals surface area contributed by atoms with Gasteiger partial charge in [0.1, 0.15) is 0 Å². The molecule has 0 aliphatic carbocycles. The largest absolute Gasteiger partial charge is 0.428 e. The second-order valence-corrected chi connectivity index (χ2v) is 3.17. The molecule has 0 spiro atoms. The lowest BCUT2D eigenvalue weighted by atomic mass is 10.3. The van der Waals surface area contributed by atoms with E-state index in [0.29, 0.717) is 25.9 Å². The number of rotatable bonds is 6. The first-order valence-corrected chi connectivity index (χ1v) is 4.80. The Balaban J connectivity index is 4.41. The first-order chi connectivity index (χ1) is 6.47. The molecule has 0 aromatic rings. The van der Waals surface area contributed by atoms with Crippen LogP contribution in [-0.4, -0.2) is 37.5 Å². The minimum absolute atomic E-state index is 0.409. The Labute approximate surface area is 83.0 Å². The van der Waals surface area contributed by atoms with Gasteiger partial charge in [0, 0.05) is 20.2 Å². The lowest BCUT2D eigenvalue weighted by molar-refractivity contribution is -0.259. The van der Waals surface area contributed by atoms with Gasteiger partial charge in [0.05, 0.1) is 0 Å². The molecule has 5 heteroatoms. The summed E-state index contributed by atoms with van der Waals surface area (Å²) in [5.41, 5.74) is 0. The van der Waals surface area contributed by atoms with Crippen molar-refractivity contribution in [1.29, 1.82) is 0 Å². The molecular weight excluding hydrogens is 195 g/mol. The molecule has 0 aliphatic rings. The van der Waals surface area contributed by atoms with Gasteiger partial charge in [-0.1, -0.05) is 13.8 Å². The fraction of sp³-hybridized carbons (Fsp3) is 1.00. The van der Waals surface area contributed by atoms with Crippen molar-refractivity contribution in [2.24, 2.45) is 0 Å². The molecule has 0 amide bonds. The van der Waals surface area contributed by atoms with Gasteiger partial charge < -0.3 is 4.74 Å². The van der Waals surface area contributed by atoms with Crippen molar-refractivity contribution in [3.63, 3.8) is 0 Å². The van der Waals surface area contributed by atoms with E-state index in [0.717, 1.165) is 7.11 Å². The van der Waals surface area contributed by atoms with Crippen LogP contribution < -0.4 is 0 Å². The Kier molecular flexibility index (Phi) is 6.11. The van der Waals surface area contributed by atoms with Gasteiger partial charge in [0.25, 0.3) is 0 Å². The summed E-state index contributed by atoms with van der Waals surface area (Å²) in [6.45, 7) is 4.52. The van der Waals surface area contributed by atoms with Crippen molar-refractivity contribution in [2.45, 2.75) is 39.1 Å². The Morgan fingerprint density at radius 3 is 1.79 bits per heavy atom. The molecule has 0 heterocycles. The quantitative estimate of drug-likeness (QED) is 0.629. The van der Waals surface area contributed by atoms with Crippen LogP contribution in [0.2, 0.25) is 0 Å². The molecule has 86 valence electrons. The lowest BCUT2D eigenvalue weighted by Crippen LogP contribution is -2.47. The van der Waals surface area contributed by atoms with E-state index in [1.54, 1.807) is 0 Å². The highest BCUT2D eigenvalue weighted by molar-refractivity contribution is 4.69. The normalized spacial score (nSPS) is 14.8. The van der Waals surface area contributed by atoms with E-state index in [4.69, 9.17) is 0 Å². The van der Waals surface area contributed by atoms with E-state index in [2.05, 4.69) is 4.74 Å². The van der Waals surface area contributed by atoms with Gasteiger partial charge in [-0.25, -0.2) is 0 Å². The highest BCUT2D eigenvalue weighted by Crippen LogP contribution is 2.25. The Morgan fingerprint density at radius 2 is 1.57 bits per heavy atom. The maximum absolute atomic E-state index is 12.5. The van der Waals surface area contributed by atoms with Crippen molar-refractivity contribution in [3.8, 4) is 0 Å². The smallest absolute Gasteiger partial charge is 0.357 e. The van der Waals surface area contributed by atoms with Crippen molar-refractivity contribution in [1.82, 2.24) is 4.90 Å². The average Bonchev–Trinajstić information content (AvgIpc) is 2.03. The van der Waals surface area contributed by atoms with E-state index in [1.165, 1.54) is 4.90 Å². The Morgan fingerprint density at radius 1 is 1.14 bits per heavy atom. The van der Waals surface area contributed by atoms with Crippen molar-refractivity contribution >= 4 is 0 Å². The van der Waals surface area contributed by atoms with Crippen molar-refractivity contribution in [3.05, 3.63) is 0 Å². The standard InChI is InChI=1S/C9H18F3NO/c1-4-6-13(7-5-2)8(14-3)9(10,11)12/h8H,4-7H2,1-3H3. The van der Waals surface area contributed by atoms with Crippen LogP contribution in [0.15, 0.2) is 0 Å². The first kappa shape index (κ1) is 13.7. The summed E-state index contributed by atoms with van der Waals surface area (Å²) >= 11 is 0. The van der Waals surface area contributed by atoms with Crippen LogP contribution in [0.1, 0.15) is 26.7 Å². The van der Waals surface area contributed by atoms with Gasteiger partial charge >= 0.3 is 6.18 Å². The number of nitrogens with zero attached hydrogens (tertiary/aromatic N) is 1. The third kappa shape index (κ3) is 4.28. The van der Waals surface area contributed by atoms with E-state index in [9.17, 15) is 13.2 Å². The molecule has 0 bridgehead atoms. The summed E-state index contributed by atoms with van der Waals surface area (Å²) < 4.78 is 41.8. The lowest BCUT2D eigenvalue weighted by Gasteiger charge is -2.31. The first-order valence-electron chi connectivity index (χ1n) is 4.80. The second-order valence-electron chi connectivity index (χ2n) is 3.17. The molecule has 0 saturated carbocycles. The number of halogens is 3. The molecule has 0 fully saturated rings. The zero-order chi connectivity index (χ0) is 11.2. The van der Waals surface area contributed by atoms with Gasteiger partial charge in [0.15, 0.2) is 0 Å². The minimum Gasteiger partial charge on any atom is -0.357 e. The van der Waals surface area contributed by atoms with Crippen LogP contribution in [0.4, 0.5) is 13.2 Å². The molecule has 14 heavy (non-hydrogen) atoms. The van der Waals surface area contributed by atoms with Gasteiger partial charge in [0.2, 0.25) is 6.23 Å². The molecule has 0 aromatic heterocycles. The number of alkyl halides is 3. The van der Waals surface area contributed by atoms with Crippen LogP contribution >= 0.6 is 0 Å². The maximum Gasteiger partial charge on any atom is 0.428 e. The summed E-state index contributed by atoms with van der Waals surface area (Å²) in [6, 6.07) is 0. The van der Waals surface area contributed by atoms with Crippen molar-refractivity contribution in [2.75, 3.05) is 20.2 Å². The summed E-state index contributed by atoms with van der Waals surface area (Å²) in [7, 11) is 1.09.